The van der Waals surface area contributed by atoms with Crippen molar-refractivity contribution in [3.63, 3.8) is 0 Å². The van der Waals surface area contributed by atoms with Crippen molar-refractivity contribution in [2.45, 2.75) is 45.4 Å². The lowest BCUT2D eigenvalue weighted by molar-refractivity contribution is 0.0441. The lowest BCUT2D eigenvalue weighted by Crippen LogP contribution is -2.28. The van der Waals surface area contributed by atoms with Crippen molar-refractivity contribution in [3.05, 3.63) is 18.0 Å². The molecule has 3 atom stereocenters. The van der Waals surface area contributed by atoms with E-state index in [1.807, 2.05) is 24.0 Å². The highest BCUT2D eigenvalue weighted by atomic mass is 16.5. The van der Waals surface area contributed by atoms with Gasteiger partial charge < -0.3 is 9.84 Å². The molecule has 4 heteroatoms. The molecule has 1 aromatic rings. The van der Waals surface area contributed by atoms with Crippen LogP contribution in [0.1, 0.15) is 25.8 Å². The number of aromatic nitrogens is 2. The van der Waals surface area contributed by atoms with E-state index in [0.717, 1.165) is 25.1 Å². The number of ether oxygens (including phenoxy) is 1. The van der Waals surface area contributed by atoms with Gasteiger partial charge in [0.25, 0.3) is 0 Å². The number of aryl methyl sites for hydroxylation is 1. The van der Waals surface area contributed by atoms with Crippen molar-refractivity contribution in [2.24, 2.45) is 5.92 Å². The number of aliphatic hydroxyl groups is 1. The van der Waals surface area contributed by atoms with Crippen LogP contribution in [0.5, 0.6) is 0 Å². The molecule has 2 rings (SSSR count). The van der Waals surface area contributed by atoms with Crippen LogP contribution in [0.3, 0.4) is 0 Å². The van der Waals surface area contributed by atoms with Crippen molar-refractivity contribution < 1.29 is 9.84 Å². The number of hydrogen-bond donors (Lipinski definition) is 1. The highest BCUT2D eigenvalue weighted by Gasteiger charge is 2.30. The van der Waals surface area contributed by atoms with E-state index in [2.05, 4.69) is 12.0 Å². The summed E-state index contributed by atoms with van der Waals surface area (Å²) in [7, 11) is 0. The van der Waals surface area contributed by atoms with Gasteiger partial charge in [-0.1, -0.05) is 0 Å². The van der Waals surface area contributed by atoms with Crippen LogP contribution in [-0.2, 0) is 17.7 Å². The molecule has 3 unspecified atom stereocenters. The largest absolute Gasteiger partial charge is 0.392 e. The van der Waals surface area contributed by atoms with Gasteiger partial charge in [-0.05, 0) is 25.8 Å². The first-order chi connectivity index (χ1) is 7.70. The van der Waals surface area contributed by atoms with E-state index in [4.69, 9.17) is 4.74 Å². The van der Waals surface area contributed by atoms with Crippen LogP contribution in [-0.4, -0.2) is 33.7 Å². The van der Waals surface area contributed by atoms with Crippen LogP contribution < -0.4 is 0 Å². The zero-order valence-electron chi connectivity index (χ0n) is 9.97. The minimum atomic E-state index is -0.313. The monoisotopic (exact) mass is 224 g/mol. The molecule has 1 N–H and O–H groups in total. The Morgan fingerprint density at radius 3 is 3.06 bits per heavy atom. The standard InChI is InChI=1S/C12H20N2O2/c1-3-14-8-10(7-13-14)6-12(15)11-4-5-16-9(11)2/h7-9,11-12,15H,3-6H2,1-2H3. The van der Waals surface area contributed by atoms with Crippen LogP contribution in [0.2, 0.25) is 0 Å². The highest BCUT2D eigenvalue weighted by molar-refractivity contribution is 5.06. The average molecular weight is 224 g/mol. The molecule has 0 spiro atoms. The maximum atomic E-state index is 10.1. The molecule has 0 aliphatic carbocycles. The van der Waals surface area contributed by atoms with Crippen LogP contribution >= 0.6 is 0 Å². The van der Waals surface area contributed by atoms with Gasteiger partial charge in [0.2, 0.25) is 0 Å². The quantitative estimate of drug-likeness (QED) is 0.836. The second kappa shape index (κ2) is 4.97. The Hall–Kier alpha value is -0.870. The summed E-state index contributed by atoms with van der Waals surface area (Å²) in [4.78, 5) is 0. The third-order valence-electron chi connectivity index (χ3n) is 3.38. The molecule has 1 aliphatic heterocycles. The first kappa shape index (κ1) is 11.6. The van der Waals surface area contributed by atoms with Gasteiger partial charge in [0.15, 0.2) is 0 Å². The summed E-state index contributed by atoms with van der Waals surface area (Å²) < 4.78 is 7.36. The van der Waals surface area contributed by atoms with E-state index >= 15 is 0 Å². The van der Waals surface area contributed by atoms with Gasteiger partial charge in [0.1, 0.15) is 0 Å². The highest BCUT2D eigenvalue weighted by Crippen LogP contribution is 2.25. The second-order valence-corrected chi connectivity index (χ2v) is 4.50. The van der Waals surface area contributed by atoms with Gasteiger partial charge in [0, 0.05) is 31.7 Å². The van der Waals surface area contributed by atoms with Gasteiger partial charge >= 0.3 is 0 Å². The Bertz CT molecular complexity index is 338. The fourth-order valence-corrected chi connectivity index (χ4v) is 2.33. The van der Waals surface area contributed by atoms with E-state index in [-0.39, 0.29) is 18.1 Å². The van der Waals surface area contributed by atoms with Gasteiger partial charge in [-0.3, -0.25) is 4.68 Å². The third-order valence-corrected chi connectivity index (χ3v) is 3.38. The molecule has 4 nitrogen and oxygen atoms in total. The topological polar surface area (TPSA) is 47.3 Å². The average Bonchev–Trinajstić information content (AvgIpc) is 2.86. The number of aliphatic hydroxyl groups excluding tert-OH is 1. The molecule has 90 valence electrons. The molecule has 0 aromatic carbocycles. The molecule has 1 aromatic heterocycles. The number of nitrogens with zero attached hydrogens (tertiary/aromatic N) is 2. The van der Waals surface area contributed by atoms with Crippen molar-refractivity contribution in [1.29, 1.82) is 0 Å². The summed E-state index contributed by atoms with van der Waals surface area (Å²) in [5.74, 6) is 0.268. The zero-order chi connectivity index (χ0) is 11.5. The number of hydrogen-bond acceptors (Lipinski definition) is 3. The summed E-state index contributed by atoms with van der Waals surface area (Å²) in [6.07, 6.45) is 5.35. The van der Waals surface area contributed by atoms with Crippen molar-refractivity contribution in [3.8, 4) is 0 Å². The zero-order valence-corrected chi connectivity index (χ0v) is 9.97. The summed E-state index contributed by atoms with van der Waals surface area (Å²) in [6, 6.07) is 0. The summed E-state index contributed by atoms with van der Waals surface area (Å²) in [5.41, 5.74) is 1.11. The molecule has 16 heavy (non-hydrogen) atoms. The molecule has 1 fully saturated rings. The Labute approximate surface area is 96.2 Å². The first-order valence-electron chi connectivity index (χ1n) is 6.01. The second-order valence-electron chi connectivity index (χ2n) is 4.50. The van der Waals surface area contributed by atoms with E-state index in [0.29, 0.717) is 6.42 Å². The maximum Gasteiger partial charge on any atom is 0.0635 e. The first-order valence-corrected chi connectivity index (χ1v) is 6.01. The SMILES string of the molecule is CCn1cc(CC(O)C2CCOC2C)cn1. The van der Waals surface area contributed by atoms with E-state index in [1.165, 1.54) is 0 Å². The van der Waals surface area contributed by atoms with Gasteiger partial charge in [-0.2, -0.15) is 5.10 Å². The van der Waals surface area contributed by atoms with Gasteiger partial charge in [-0.15, -0.1) is 0 Å². The van der Waals surface area contributed by atoms with Crippen molar-refractivity contribution in [2.75, 3.05) is 6.61 Å². The molecule has 0 amide bonds. The Morgan fingerprint density at radius 2 is 2.50 bits per heavy atom. The predicted octanol–water partition coefficient (Wildman–Crippen LogP) is 1.23. The predicted molar refractivity (Wildman–Crippen MR) is 61.1 cm³/mol. The van der Waals surface area contributed by atoms with Gasteiger partial charge in [-0.25, -0.2) is 0 Å². The summed E-state index contributed by atoms with van der Waals surface area (Å²) in [6.45, 7) is 5.74. The Balaban J connectivity index is 1.93. The molecular formula is C12H20N2O2. The Kier molecular flexibility index (Phi) is 3.61. The fraction of sp³-hybridized carbons (Fsp3) is 0.750. The third kappa shape index (κ3) is 2.44. The van der Waals surface area contributed by atoms with Gasteiger partial charge in [0.05, 0.1) is 18.4 Å². The maximum absolute atomic E-state index is 10.1. The minimum Gasteiger partial charge on any atom is -0.392 e. The normalized spacial score (nSPS) is 27.2. The summed E-state index contributed by atoms with van der Waals surface area (Å²) >= 11 is 0. The lowest BCUT2D eigenvalue weighted by atomic mass is 9.92. The van der Waals surface area contributed by atoms with E-state index in [9.17, 15) is 5.11 Å². The molecule has 2 heterocycles. The van der Waals surface area contributed by atoms with Crippen LogP contribution in [0.15, 0.2) is 12.4 Å². The van der Waals surface area contributed by atoms with Crippen LogP contribution in [0.25, 0.3) is 0 Å². The Morgan fingerprint density at radius 1 is 1.69 bits per heavy atom. The molecule has 1 saturated heterocycles. The number of rotatable bonds is 4. The fourth-order valence-electron chi connectivity index (χ4n) is 2.33. The molecular weight excluding hydrogens is 204 g/mol. The lowest BCUT2D eigenvalue weighted by Gasteiger charge is -2.20. The van der Waals surface area contributed by atoms with E-state index in [1.54, 1.807) is 0 Å². The smallest absolute Gasteiger partial charge is 0.0635 e. The molecule has 0 radical (unpaired) electrons. The van der Waals surface area contributed by atoms with Crippen molar-refractivity contribution >= 4 is 0 Å². The molecule has 0 bridgehead atoms. The minimum absolute atomic E-state index is 0.177. The van der Waals surface area contributed by atoms with E-state index < -0.39 is 0 Å². The molecule has 1 aliphatic rings. The van der Waals surface area contributed by atoms with Crippen molar-refractivity contribution in [1.82, 2.24) is 9.78 Å². The summed E-state index contributed by atoms with van der Waals surface area (Å²) in [5, 5.41) is 14.3. The van der Waals surface area contributed by atoms with Crippen LogP contribution in [0.4, 0.5) is 0 Å². The molecule has 0 saturated carbocycles. The van der Waals surface area contributed by atoms with Crippen LogP contribution in [0, 0.1) is 5.92 Å².